The van der Waals surface area contributed by atoms with Gasteiger partial charge in [0, 0.05) is 7.05 Å². The second-order valence-corrected chi connectivity index (χ2v) is 6.18. The monoisotopic (exact) mass is 379 g/mol. The number of nitrogens with two attached hydrogens (primary N) is 1. The first-order valence-corrected chi connectivity index (χ1v) is 8.59. The Morgan fingerprint density at radius 1 is 1.14 bits per heavy atom. The number of nitrogens with zero attached hydrogens (tertiary/aromatic N) is 2. The number of benzene rings is 2. The van der Waals surface area contributed by atoms with Crippen LogP contribution in [0.5, 0.6) is 5.75 Å². The molecule has 28 heavy (non-hydrogen) atoms. The molecule has 2 amide bonds. The zero-order valence-corrected chi connectivity index (χ0v) is 15.4. The quantitative estimate of drug-likeness (QED) is 0.511. The lowest BCUT2D eigenvalue weighted by molar-refractivity contribution is -0.121. The van der Waals surface area contributed by atoms with E-state index in [4.69, 9.17) is 10.5 Å². The van der Waals surface area contributed by atoms with Crippen molar-refractivity contribution in [3.8, 4) is 5.75 Å². The molecule has 144 valence electrons. The van der Waals surface area contributed by atoms with Crippen molar-refractivity contribution in [1.82, 2.24) is 20.4 Å². The van der Waals surface area contributed by atoms with Gasteiger partial charge in [-0.2, -0.15) is 0 Å². The molecule has 3 rings (SSSR count). The zero-order chi connectivity index (χ0) is 20.1. The van der Waals surface area contributed by atoms with E-state index in [1.807, 2.05) is 35.9 Å². The van der Waals surface area contributed by atoms with E-state index in [2.05, 4.69) is 22.4 Å². The fourth-order valence-electron chi connectivity index (χ4n) is 2.67. The maximum Gasteiger partial charge on any atom is 0.255 e. The van der Waals surface area contributed by atoms with Crippen molar-refractivity contribution in [3.05, 3.63) is 66.5 Å². The van der Waals surface area contributed by atoms with Crippen molar-refractivity contribution in [2.45, 2.75) is 6.42 Å². The van der Waals surface area contributed by atoms with Gasteiger partial charge in [-0.25, -0.2) is 4.98 Å². The molecule has 4 N–H and O–H groups in total. The van der Waals surface area contributed by atoms with Crippen molar-refractivity contribution in [2.75, 3.05) is 6.61 Å². The van der Waals surface area contributed by atoms with Crippen molar-refractivity contribution in [3.63, 3.8) is 0 Å². The van der Waals surface area contributed by atoms with Crippen LogP contribution in [-0.4, -0.2) is 28.0 Å². The van der Waals surface area contributed by atoms with Crippen LogP contribution in [-0.2, 0) is 23.1 Å². The largest absolute Gasteiger partial charge is 0.484 e. The molecule has 3 aromatic rings. The Morgan fingerprint density at radius 2 is 1.86 bits per heavy atom. The topological polar surface area (TPSA) is 111 Å². The minimum atomic E-state index is -0.543. The van der Waals surface area contributed by atoms with Crippen molar-refractivity contribution in [2.24, 2.45) is 12.8 Å². The highest BCUT2D eigenvalue weighted by molar-refractivity contribution is 5.81. The Balaban J connectivity index is 1.54. The summed E-state index contributed by atoms with van der Waals surface area (Å²) in [7, 11) is 1.88. The van der Waals surface area contributed by atoms with Gasteiger partial charge in [-0.3, -0.25) is 20.4 Å². The summed E-state index contributed by atoms with van der Waals surface area (Å²) < 4.78 is 7.10. The number of hydrogen-bond acceptors (Lipinski definition) is 5. The summed E-state index contributed by atoms with van der Waals surface area (Å²) in [5.41, 5.74) is 13.6. The third-order valence-electron chi connectivity index (χ3n) is 4.14. The predicted molar refractivity (Wildman–Crippen MR) is 106 cm³/mol. The number of carbonyl (C=O) groups excluding carboxylic acids is 2. The first-order valence-electron chi connectivity index (χ1n) is 8.59. The number of imidazole rings is 1. The molecule has 0 radical (unpaired) electrons. The van der Waals surface area contributed by atoms with E-state index in [1.165, 1.54) is 0 Å². The summed E-state index contributed by atoms with van der Waals surface area (Å²) in [6.45, 7) is 3.71. The average Bonchev–Trinajstić information content (AvgIpc) is 3.00. The molecule has 8 heteroatoms. The standard InChI is InChI=1S/C20H21N5O3/c1-13(14-7-9-15(10-8-14)28-12-18(21)26)23-24-20(27)11-19-22-16-5-3-4-6-17(16)25(19)2/h3-10,23H,1,11-12H2,2H3,(H2,21,26)(H,24,27). The molecule has 0 bridgehead atoms. The maximum absolute atomic E-state index is 12.2. The van der Waals surface area contributed by atoms with E-state index in [0.29, 0.717) is 17.3 Å². The maximum atomic E-state index is 12.2. The Kier molecular flexibility index (Phi) is 5.59. The van der Waals surface area contributed by atoms with E-state index < -0.39 is 5.91 Å². The molecule has 1 heterocycles. The summed E-state index contributed by atoms with van der Waals surface area (Å²) in [6.07, 6.45) is 0.130. The molecule has 2 aromatic carbocycles. The van der Waals surface area contributed by atoms with Crippen LogP contribution in [0.1, 0.15) is 11.4 Å². The predicted octanol–water partition coefficient (Wildman–Crippen LogP) is 1.27. The van der Waals surface area contributed by atoms with Gasteiger partial charge in [0.25, 0.3) is 5.91 Å². The molecule has 0 aliphatic rings. The van der Waals surface area contributed by atoms with Gasteiger partial charge < -0.3 is 15.0 Å². The fraction of sp³-hybridized carbons (Fsp3) is 0.150. The Hall–Kier alpha value is -3.81. The second kappa shape index (κ2) is 8.26. The minimum Gasteiger partial charge on any atom is -0.484 e. The van der Waals surface area contributed by atoms with Gasteiger partial charge in [0.1, 0.15) is 11.6 Å². The summed E-state index contributed by atoms with van der Waals surface area (Å²) in [4.78, 5) is 27.5. The molecular formula is C20H21N5O3. The van der Waals surface area contributed by atoms with Gasteiger partial charge in [-0.15, -0.1) is 0 Å². The second-order valence-electron chi connectivity index (χ2n) is 6.18. The molecule has 0 atom stereocenters. The van der Waals surface area contributed by atoms with Gasteiger partial charge in [-0.1, -0.05) is 18.7 Å². The van der Waals surface area contributed by atoms with Crippen LogP contribution in [0.2, 0.25) is 0 Å². The van der Waals surface area contributed by atoms with Crippen molar-refractivity contribution >= 4 is 28.5 Å². The number of nitrogens with one attached hydrogen (secondary N) is 2. The number of hydrogen-bond donors (Lipinski definition) is 3. The number of amides is 2. The van der Waals surface area contributed by atoms with Crippen LogP contribution in [0.15, 0.2) is 55.1 Å². The normalized spacial score (nSPS) is 10.5. The first-order chi connectivity index (χ1) is 13.4. The number of rotatable bonds is 8. The molecule has 0 unspecified atom stereocenters. The highest BCUT2D eigenvalue weighted by Gasteiger charge is 2.11. The number of carbonyl (C=O) groups is 2. The van der Waals surface area contributed by atoms with E-state index in [0.717, 1.165) is 16.6 Å². The number of primary amides is 1. The molecule has 1 aromatic heterocycles. The first kappa shape index (κ1) is 19.0. The summed E-state index contributed by atoms with van der Waals surface area (Å²) in [5.74, 6) is 0.405. The minimum absolute atomic E-state index is 0.130. The lowest BCUT2D eigenvalue weighted by Crippen LogP contribution is -2.37. The van der Waals surface area contributed by atoms with Crippen LogP contribution >= 0.6 is 0 Å². The third-order valence-corrected chi connectivity index (χ3v) is 4.14. The number of aryl methyl sites for hydroxylation is 1. The van der Waals surface area contributed by atoms with Gasteiger partial charge in [-0.05, 0) is 42.0 Å². The van der Waals surface area contributed by atoms with Crippen molar-refractivity contribution < 1.29 is 14.3 Å². The fourth-order valence-corrected chi connectivity index (χ4v) is 2.67. The average molecular weight is 379 g/mol. The number of hydrazine groups is 1. The number of aromatic nitrogens is 2. The SMILES string of the molecule is C=C(NNC(=O)Cc1nc2ccccc2n1C)c1ccc(OCC(N)=O)cc1. The van der Waals surface area contributed by atoms with Gasteiger partial charge in [0.15, 0.2) is 6.61 Å². The molecule has 0 spiro atoms. The zero-order valence-electron chi connectivity index (χ0n) is 15.4. The Bertz CT molecular complexity index is 1020. The highest BCUT2D eigenvalue weighted by atomic mass is 16.5. The summed E-state index contributed by atoms with van der Waals surface area (Å²) in [5, 5.41) is 0. The summed E-state index contributed by atoms with van der Waals surface area (Å²) >= 11 is 0. The lowest BCUT2D eigenvalue weighted by atomic mass is 10.2. The highest BCUT2D eigenvalue weighted by Crippen LogP contribution is 2.16. The number of para-hydroxylation sites is 2. The van der Waals surface area contributed by atoms with E-state index in [-0.39, 0.29) is 18.9 Å². The van der Waals surface area contributed by atoms with E-state index >= 15 is 0 Å². The number of fused-ring (bicyclic) bond motifs is 1. The van der Waals surface area contributed by atoms with Crippen LogP contribution in [0, 0.1) is 0 Å². The van der Waals surface area contributed by atoms with E-state index in [1.54, 1.807) is 24.3 Å². The van der Waals surface area contributed by atoms with Crippen LogP contribution in [0.3, 0.4) is 0 Å². The van der Waals surface area contributed by atoms with Crippen LogP contribution in [0.25, 0.3) is 16.7 Å². The molecule has 0 aliphatic heterocycles. The van der Waals surface area contributed by atoms with Crippen molar-refractivity contribution in [1.29, 1.82) is 0 Å². The lowest BCUT2D eigenvalue weighted by Gasteiger charge is -2.12. The number of ether oxygens (including phenoxy) is 1. The van der Waals surface area contributed by atoms with Crippen LogP contribution in [0.4, 0.5) is 0 Å². The van der Waals surface area contributed by atoms with Crippen LogP contribution < -0.4 is 21.3 Å². The smallest absolute Gasteiger partial charge is 0.255 e. The Labute approximate surface area is 162 Å². The van der Waals surface area contributed by atoms with Gasteiger partial charge in [0.2, 0.25) is 5.91 Å². The summed E-state index contributed by atoms with van der Waals surface area (Å²) in [6, 6.07) is 14.6. The van der Waals surface area contributed by atoms with E-state index in [9.17, 15) is 9.59 Å². The molecular weight excluding hydrogens is 358 g/mol. The third kappa shape index (κ3) is 4.47. The molecule has 8 nitrogen and oxygen atoms in total. The molecule has 0 saturated carbocycles. The molecule has 0 fully saturated rings. The Morgan fingerprint density at radius 3 is 2.54 bits per heavy atom. The van der Waals surface area contributed by atoms with Gasteiger partial charge >= 0.3 is 0 Å². The molecule has 0 saturated heterocycles. The molecule has 0 aliphatic carbocycles. The van der Waals surface area contributed by atoms with Gasteiger partial charge in [0.05, 0.1) is 23.2 Å².